The smallest absolute Gasteiger partial charge is 0.409 e. The average molecular weight is 565 g/mol. The third-order valence-corrected chi connectivity index (χ3v) is 9.49. The lowest BCUT2D eigenvalue weighted by Crippen LogP contribution is -2.35. The second-order valence-electron chi connectivity index (χ2n) is 9.02. The first-order valence-electron chi connectivity index (χ1n) is 12.8. The molecule has 2 heterocycles. The van der Waals surface area contributed by atoms with Gasteiger partial charge in [0.2, 0.25) is 10.0 Å². The van der Waals surface area contributed by atoms with Crippen molar-refractivity contribution in [2.45, 2.75) is 57.4 Å². The standard InChI is InChI=1S/C26H36N4O6S2/c1-5-7-14-30(15-8-6-2)38(34,35)19-11-9-18(10-12-19)23(31)28-25-22(24(32)27-3)20-13-16-29(26(33)36-4)17-21(20)37-25/h9-12H,5-8,13-17H2,1-4H3,(H,27,32)(H,28,31). The van der Waals surface area contributed by atoms with E-state index >= 15 is 0 Å². The highest BCUT2D eigenvalue weighted by Crippen LogP contribution is 2.37. The lowest BCUT2D eigenvalue weighted by atomic mass is 10.0. The number of methoxy groups -OCH3 is 1. The predicted molar refractivity (Wildman–Crippen MR) is 147 cm³/mol. The first-order valence-corrected chi connectivity index (χ1v) is 15.0. The molecule has 1 aromatic heterocycles. The Labute approximate surface area is 228 Å². The number of hydrogen-bond donors (Lipinski definition) is 2. The van der Waals surface area contributed by atoms with Crippen LogP contribution in [0.2, 0.25) is 0 Å². The van der Waals surface area contributed by atoms with Crippen molar-refractivity contribution < 1.29 is 27.5 Å². The summed E-state index contributed by atoms with van der Waals surface area (Å²) in [5.74, 6) is -0.790. The van der Waals surface area contributed by atoms with Crippen LogP contribution < -0.4 is 10.6 Å². The molecule has 38 heavy (non-hydrogen) atoms. The van der Waals surface area contributed by atoms with Gasteiger partial charge >= 0.3 is 6.09 Å². The number of anilines is 1. The highest BCUT2D eigenvalue weighted by Gasteiger charge is 2.31. The van der Waals surface area contributed by atoms with E-state index in [4.69, 9.17) is 4.74 Å². The quantitative estimate of drug-likeness (QED) is 0.424. The van der Waals surface area contributed by atoms with Crippen molar-refractivity contribution >= 4 is 44.3 Å². The zero-order valence-corrected chi connectivity index (χ0v) is 24.0. The lowest BCUT2D eigenvalue weighted by molar-refractivity contribution is 0.0962. The summed E-state index contributed by atoms with van der Waals surface area (Å²) in [5, 5.41) is 5.82. The largest absolute Gasteiger partial charge is 0.453 e. The zero-order valence-electron chi connectivity index (χ0n) is 22.3. The number of carbonyl (C=O) groups excluding carboxylic acids is 3. The minimum absolute atomic E-state index is 0.141. The van der Waals surface area contributed by atoms with Gasteiger partial charge in [-0.05, 0) is 49.1 Å². The van der Waals surface area contributed by atoms with Crippen LogP contribution in [0.5, 0.6) is 0 Å². The lowest BCUT2D eigenvalue weighted by Gasteiger charge is -2.25. The van der Waals surface area contributed by atoms with E-state index in [0.29, 0.717) is 36.6 Å². The van der Waals surface area contributed by atoms with E-state index in [1.807, 2.05) is 13.8 Å². The minimum Gasteiger partial charge on any atom is -0.453 e. The highest BCUT2D eigenvalue weighted by atomic mass is 32.2. The molecule has 1 aliphatic heterocycles. The second-order valence-corrected chi connectivity index (χ2v) is 12.1. The van der Waals surface area contributed by atoms with Crippen molar-refractivity contribution in [2.75, 3.05) is 39.1 Å². The second kappa shape index (κ2) is 13.2. The number of benzene rings is 1. The normalized spacial score (nSPS) is 13.2. The number of carbonyl (C=O) groups is 3. The van der Waals surface area contributed by atoms with Gasteiger partial charge in [0, 0.05) is 37.1 Å². The molecular weight excluding hydrogens is 528 g/mol. The van der Waals surface area contributed by atoms with Crippen LogP contribution in [-0.4, -0.2) is 69.3 Å². The van der Waals surface area contributed by atoms with Crippen LogP contribution in [0.15, 0.2) is 29.2 Å². The topological polar surface area (TPSA) is 125 Å². The molecule has 0 aliphatic carbocycles. The van der Waals surface area contributed by atoms with E-state index in [0.717, 1.165) is 36.1 Å². The summed E-state index contributed by atoms with van der Waals surface area (Å²) in [5.41, 5.74) is 1.44. The van der Waals surface area contributed by atoms with E-state index < -0.39 is 22.0 Å². The number of sulfonamides is 1. The fraction of sp³-hybridized carbons (Fsp3) is 0.500. The third kappa shape index (κ3) is 6.54. The molecule has 1 aliphatic rings. The van der Waals surface area contributed by atoms with E-state index in [1.165, 1.54) is 54.1 Å². The van der Waals surface area contributed by atoms with E-state index in [2.05, 4.69) is 10.6 Å². The molecule has 1 aromatic carbocycles. The zero-order chi connectivity index (χ0) is 27.9. The summed E-state index contributed by atoms with van der Waals surface area (Å²) >= 11 is 1.24. The number of hydrogen-bond acceptors (Lipinski definition) is 7. The molecule has 0 bridgehead atoms. The Bertz CT molecular complexity index is 1250. The van der Waals surface area contributed by atoms with Crippen molar-refractivity contribution in [1.29, 1.82) is 0 Å². The number of unbranched alkanes of at least 4 members (excludes halogenated alkanes) is 2. The third-order valence-electron chi connectivity index (χ3n) is 6.45. The molecule has 0 saturated heterocycles. The predicted octanol–water partition coefficient (Wildman–Crippen LogP) is 4.08. The summed E-state index contributed by atoms with van der Waals surface area (Å²) in [4.78, 5) is 40.3. The van der Waals surface area contributed by atoms with Crippen molar-refractivity contribution in [3.63, 3.8) is 0 Å². The summed E-state index contributed by atoms with van der Waals surface area (Å²) in [6, 6.07) is 5.85. The molecule has 3 rings (SSSR count). The number of nitrogens with one attached hydrogen (secondary N) is 2. The number of ether oxygens (including phenoxy) is 1. The van der Waals surface area contributed by atoms with Crippen molar-refractivity contribution in [2.24, 2.45) is 0 Å². The van der Waals surface area contributed by atoms with Gasteiger partial charge in [0.15, 0.2) is 0 Å². The molecule has 2 N–H and O–H groups in total. The van der Waals surface area contributed by atoms with Crippen LogP contribution in [0.4, 0.5) is 9.80 Å². The number of rotatable bonds is 11. The van der Waals surface area contributed by atoms with Gasteiger partial charge in [-0.3, -0.25) is 9.59 Å². The van der Waals surface area contributed by atoms with Gasteiger partial charge in [0.1, 0.15) is 5.00 Å². The van der Waals surface area contributed by atoms with Crippen molar-refractivity contribution in [1.82, 2.24) is 14.5 Å². The van der Waals surface area contributed by atoms with E-state index in [1.54, 1.807) is 4.90 Å². The minimum atomic E-state index is -3.68. The van der Waals surface area contributed by atoms with Gasteiger partial charge in [0.05, 0.1) is 24.1 Å². The molecule has 0 spiro atoms. The van der Waals surface area contributed by atoms with Crippen LogP contribution in [0.3, 0.4) is 0 Å². The Morgan fingerprint density at radius 3 is 2.24 bits per heavy atom. The maximum atomic E-state index is 13.2. The Balaban J connectivity index is 1.83. The summed E-state index contributed by atoms with van der Waals surface area (Å²) in [6.07, 6.45) is 3.34. The van der Waals surface area contributed by atoms with Gasteiger partial charge in [-0.25, -0.2) is 13.2 Å². The van der Waals surface area contributed by atoms with Crippen LogP contribution in [0.1, 0.15) is 70.7 Å². The van der Waals surface area contributed by atoms with Crippen LogP contribution >= 0.6 is 11.3 Å². The van der Waals surface area contributed by atoms with Gasteiger partial charge in [0.25, 0.3) is 11.8 Å². The van der Waals surface area contributed by atoms with Gasteiger partial charge < -0.3 is 20.3 Å². The molecule has 12 heteroatoms. The number of amides is 3. The average Bonchev–Trinajstić information content (AvgIpc) is 3.28. The molecule has 0 radical (unpaired) electrons. The fourth-order valence-corrected chi connectivity index (χ4v) is 7.04. The maximum absolute atomic E-state index is 13.2. The SMILES string of the molecule is CCCCN(CCCC)S(=O)(=O)c1ccc(C(=O)Nc2sc3c(c2C(=O)NC)CCN(C(=O)OC)C3)cc1. The molecule has 0 fully saturated rings. The Morgan fingerprint density at radius 2 is 1.68 bits per heavy atom. The molecule has 208 valence electrons. The Hall–Kier alpha value is -2.96. The van der Waals surface area contributed by atoms with Gasteiger partial charge in [-0.1, -0.05) is 26.7 Å². The summed E-state index contributed by atoms with van der Waals surface area (Å²) in [7, 11) is -0.840. The molecule has 3 amide bonds. The summed E-state index contributed by atoms with van der Waals surface area (Å²) in [6.45, 7) is 5.64. The first-order chi connectivity index (χ1) is 18.2. The van der Waals surface area contributed by atoms with Crippen molar-refractivity contribution in [3.8, 4) is 0 Å². The van der Waals surface area contributed by atoms with E-state index in [9.17, 15) is 22.8 Å². The number of nitrogens with zero attached hydrogens (tertiary/aromatic N) is 2. The fourth-order valence-electron chi connectivity index (χ4n) is 4.27. The Morgan fingerprint density at radius 1 is 1.05 bits per heavy atom. The van der Waals surface area contributed by atoms with E-state index in [-0.39, 0.29) is 22.9 Å². The summed E-state index contributed by atoms with van der Waals surface area (Å²) < 4.78 is 32.8. The molecule has 0 saturated carbocycles. The van der Waals surface area contributed by atoms with Gasteiger partial charge in [-0.2, -0.15) is 4.31 Å². The van der Waals surface area contributed by atoms with Crippen LogP contribution in [0.25, 0.3) is 0 Å². The molecule has 10 nitrogen and oxygen atoms in total. The monoisotopic (exact) mass is 564 g/mol. The van der Waals surface area contributed by atoms with Crippen molar-refractivity contribution in [3.05, 3.63) is 45.8 Å². The molecule has 0 unspecified atom stereocenters. The highest BCUT2D eigenvalue weighted by molar-refractivity contribution is 7.89. The van der Waals surface area contributed by atoms with Crippen LogP contribution in [-0.2, 0) is 27.7 Å². The van der Waals surface area contributed by atoms with Crippen LogP contribution in [0, 0.1) is 0 Å². The molecular formula is C26H36N4O6S2. The Kier molecular flexibility index (Phi) is 10.3. The molecule has 0 atom stereocenters. The van der Waals surface area contributed by atoms with Gasteiger partial charge in [-0.15, -0.1) is 11.3 Å². The maximum Gasteiger partial charge on any atom is 0.409 e. The number of fused-ring (bicyclic) bond motifs is 1. The number of thiophene rings is 1. The first kappa shape index (κ1) is 29.6. The molecule has 2 aromatic rings.